The van der Waals surface area contributed by atoms with Gasteiger partial charge in [-0.3, -0.25) is 4.90 Å². The van der Waals surface area contributed by atoms with Crippen molar-refractivity contribution in [2.24, 2.45) is 5.92 Å². The summed E-state index contributed by atoms with van der Waals surface area (Å²) in [5.41, 5.74) is 0. The standard InChI is InChI=1S/C11H21NO/c1-2-4-11-5-3-7-12(8-6-11)9-10-13/h10-11H,2-9H2,1H3. The van der Waals surface area contributed by atoms with E-state index in [1.54, 1.807) is 0 Å². The van der Waals surface area contributed by atoms with Gasteiger partial charge in [0, 0.05) is 0 Å². The van der Waals surface area contributed by atoms with Crippen molar-refractivity contribution in [3.63, 3.8) is 0 Å². The van der Waals surface area contributed by atoms with Crippen molar-refractivity contribution in [1.29, 1.82) is 0 Å². The number of nitrogens with zero attached hydrogens (tertiary/aromatic N) is 1. The first-order chi connectivity index (χ1) is 6.36. The molecule has 0 aromatic carbocycles. The molecular weight excluding hydrogens is 162 g/mol. The Bertz CT molecular complexity index is 147. The van der Waals surface area contributed by atoms with Gasteiger partial charge >= 0.3 is 0 Å². The minimum atomic E-state index is 0.638. The monoisotopic (exact) mass is 183 g/mol. The van der Waals surface area contributed by atoms with Gasteiger partial charge in [-0.15, -0.1) is 0 Å². The van der Waals surface area contributed by atoms with Crippen molar-refractivity contribution in [2.45, 2.75) is 39.0 Å². The minimum absolute atomic E-state index is 0.638. The third kappa shape index (κ3) is 3.90. The van der Waals surface area contributed by atoms with Crippen molar-refractivity contribution < 1.29 is 4.79 Å². The normalized spacial score (nSPS) is 25.5. The molecule has 0 bridgehead atoms. The lowest BCUT2D eigenvalue weighted by atomic mass is 9.96. The average molecular weight is 183 g/mol. The Morgan fingerprint density at radius 1 is 1.38 bits per heavy atom. The molecule has 2 nitrogen and oxygen atoms in total. The Kier molecular flexibility index (Phi) is 5.06. The molecule has 1 aliphatic rings. The molecule has 13 heavy (non-hydrogen) atoms. The average Bonchev–Trinajstić information content (AvgIpc) is 2.33. The third-order valence-electron chi connectivity index (χ3n) is 2.97. The maximum absolute atomic E-state index is 10.4. The minimum Gasteiger partial charge on any atom is -0.302 e. The topological polar surface area (TPSA) is 20.3 Å². The van der Waals surface area contributed by atoms with Crippen LogP contribution in [0.2, 0.25) is 0 Å². The fourth-order valence-electron chi connectivity index (χ4n) is 2.21. The number of hydrogen-bond acceptors (Lipinski definition) is 2. The third-order valence-corrected chi connectivity index (χ3v) is 2.97. The number of aldehydes is 1. The maximum atomic E-state index is 10.4. The zero-order valence-electron chi connectivity index (χ0n) is 8.67. The van der Waals surface area contributed by atoms with Crippen LogP contribution in [-0.4, -0.2) is 30.8 Å². The van der Waals surface area contributed by atoms with Crippen molar-refractivity contribution in [1.82, 2.24) is 4.90 Å². The molecular formula is C11H21NO. The van der Waals surface area contributed by atoms with Gasteiger partial charge in [-0.2, -0.15) is 0 Å². The Labute approximate surface area is 81.3 Å². The first-order valence-electron chi connectivity index (χ1n) is 5.52. The number of carbonyl (C=O) groups excluding carboxylic acids is 1. The van der Waals surface area contributed by atoms with Crippen LogP contribution >= 0.6 is 0 Å². The summed E-state index contributed by atoms with van der Waals surface area (Å²) in [6, 6.07) is 0. The van der Waals surface area contributed by atoms with Gasteiger partial charge in [0.1, 0.15) is 6.29 Å². The zero-order valence-corrected chi connectivity index (χ0v) is 8.67. The molecule has 1 aliphatic heterocycles. The molecule has 1 heterocycles. The Morgan fingerprint density at radius 2 is 2.23 bits per heavy atom. The first-order valence-corrected chi connectivity index (χ1v) is 5.52. The summed E-state index contributed by atoms with van der Waals surface area (Å²) < 4.78 is 0. The van der Waals surface area contributed by atoms with Crippen molar-refractivity contribution >= 4 is 6.29 Å². The van der Waals surface area contributed by atoms with Crippen LogP contribution in [0.5, 0.6) is 0 Å². The molecule has 0 saturated carbocycles. The number of carbonyl (C=O) groups is 1. The van der Waals surface area contributed by atoms with E-state index in [1.807, 2.05) is 0 Å². The lowest BCUT2D eigenvalue weighted by Crippen LogP contribution is -2.26. The highest BCUT2D eigenvalue weighted by atomic mass is 16.1. The van der Waals surface area contributed by atoms with E-state index in [-0.39, 0.29) is 0 Å². The van der Waals surface area contributed by atoms with Gasteiger partial charge in [0.2, 0.25) is 0 Å². The molecule has 1 unspecified atom stereocenters. The van der Waals surface area contributed by atoms with E-state index in [1.165, 1.54) is 32.1 Å². The molecule has 1 saturated heterocycles. The highest BCUT2D eigenvalue weighted by Gasteiger charge is 2.15. The molecule has 2 heteroatoms. The maximum Gasteiger partial charge on any atom is 0.133 e. The van der Waals surface area contributed by atoms with Gasteiger partial charge in [-0.25, -0.2) is 0 Å². The van der Waals surface area contributed by atoms with E-state index >= 15 is 0 Å². The second-order valence-corrected chi connectivity index (χ2v) is 4.05. The van der Waals surface area contributed by atoms with E-state index in [4.69, 9.17) is 0 Å². The lowest BCUT2D eigenvalue weighted by Gasteiger charge is -2.16. The molecule has 0 aliphatic carbocycles. The smallest absolute Gasteiger partial charge is 0.133 e. The van der Waals surface area contributed by atoms with Crippen LogP contribution in [0.25, 0.3) is 0 Å². The van der Waals surface area contributed by atoms with Crippen LogP contribution in [0, 0.1) is 5.92 Å². The molecule has 0 N–H and O–H groups in total. The molecule has 0 amide bonds. The predicted octanol–water partition coefficient (Wildman–Crippen LogP) is 2.09. The molecule has 0 aromatic heterocycles. The van der Waals surface area contributed by atoms with E-state index in [0.717, 1.165) is 25.3 Å². The highest BCUT2D eigenvalue weighted by Crippen LogP contribution is 2.21. The Hall–Kier alpha value is -0.370. The summed E-state index contributed by atoms with van der Waals surface area (Å²) in [4.78, 5) is 12.6. The SMILES string of the molecule is CCCC1CCCN(CC=O)CC1. The van der Waals surface area contributed by atoms with Crippen LogP contribution in [0.1, 0.15) is 39.0 Å². The van der Waals surface area contributed by atoms with Gasteiger partial charge < -0.3 is 4.79 Å². The van der Waals surface area contributed by atoms with Crippen LogP contribution in [0.4, 0.5) is 0 Å². The number of hydrogen-bond donors (Lipinski definition) is 0. The first kappa shape index (κ1) is 10.7. The molecule has 0 spiro atoms. The van der Waals surface area contributed by atoms with Gasteiger partial charge in [0.15, 0.2) is 0 Å². The van der Waals surface area contributed by atoms with Crippen LogP contribution in [-0.2, 0) is 4.79 Å². The Balaban J connectivity index is 2.26. The van der Waals surface area contributed by atoms with E-state index in [9.17, 15) is 4.79 Å². The summed E-state index contributed by atoms with van der Waals surface area (Å²) in [7, 11) is 0. The quantitative estimate of drug-likeness (QED) is 0.622. The van der Waals surface area contributed by atoms with Gasteiger partial charge in [-0.1, -0.05) is 19.8 Å². The van der Waals surface area contributed by atoms with Crippen LogP contribution in [0.15, 0.2) is 0 Å². The summed E-state index contributed by atoms with van der Waals surface area (Å²) >= 11 is 0. The number of likely N-dealkylation sites (tertiary alicyclic amines) is 1. The fraction of sp³-hybridized carbons (Fsp3) is 0.909. The molecule has 0 radical (unpaired) electrons. The van der Waals surface area contributed by atoms with Crippen LogP contribution < -0.4 is 0 Å². The molecule has 1 rings (SSSR count). The van der Waals surface area contributed by atoms with E-state index < -0.39 is 0 Å². The second kappa shape index (κ2) is 6.14. The molecule has 1 atom stereocenters. The largest absolute Gasteiger partial charge is 0.302 e. The molecule has 1 fully saturated rings. The molecule has 0 aromatic rings. The van der Waals surface area contributed by atoms with E-state index in [2.05, 4.69) is 11.8 Å². The lowest BCUT2D eigenvalue weighted by molar-refractivity contribution is -0.108. The summed E-state index contributed by atoms with van der Waals surface area (Å²) in [6.07, 6.45) is 7.64. The summed E-state index contributed by atoms with van der Waals surface area (Å²) in [5.74, 6) is 0.918. The zero-order chi connectivity index (χ0) is 9.52. The Morgan fingerprint density at radius 3 is 2.92 bits per heavy atom. The van der Waals surface area contributed by atoms with Crippen LogP contribution in [0.3, 0.4) is 0 Å². The van der Waals surface area contributed by atoms with Gasteiger partial charge in [0.25, 0.3) is 0 Å². The van der Waals surface area contributed by atoms with Crippen molar-refractivity contribution in [2.75, 3.05) is 19.6 Å². The summed E-state index contributed by atoms with van der Waals surface area (Å²) in [6.45, 7) is 5.15. The predicted molar refractivity (Wildman–Crippen MR) is 54.8 cm³/mol. The molecule has 76 valence electrons. The summed E-state index contributed by atoms with van der Waals surface area (Å²) in [5, 5.41) is 0. The highest BCUT2D eigenvalue weighted by molar-refractivity contribution is 5.51. The van der Waals surface area contributed by atoms with Crippen molar-refractivity contribution in [3.8, 4) is 0 Å². The van der Waals surface area contributed by atoms with Crippen molar-refractivity contribution in [3.05, 3.63) is 0 Å². The van der Waals surface area contributed by atoms with Gasteiger partial charge in [0.05, 0.1) is 6.54 Å². The second-order valence-electron chi connectivity index (χ2n) is 4.05. The fourth-order valence-corrected chi connectivity index (χ4v) is 2.21. The number of rotatable bonds is 4. The van der Waals surface area contributed by atoms with Gasteiger partial charge in [-0.05, 0) is 38.3 Å². The van der Waals surface area contributed by atoms with E-state index in [0.29, 0.717) is 6.54 Å².